The lowest BCUT2D eigenvalue weighted by atomic mass is 9.83. The van der Waals surface area contributed by atoms with E-state index in [9.17, 15) is 5.11 Å². The van der Waals surface area contributed by atoms with E-state index in [0.29, 0.717) is 11.8 Å². The summed E-state index contributed by atoms with van der Waals surface area (Å²) in [6.07, 6.45) is 3.44. The average molecular weight is 202 g/mol. The summed E-state index contributed by atoms with van der Waals surface area (Å²) < 4.78 is 0. The smallest absolute Gasteiger partial charge is 0.0737 e. The molecule has 0 aliphatic heterocycles. The minimum absolute atomic E-state index is 0.00241. The first-order valence-electron chi connectivity index (χ1n) is 5.39. The topological polar surface area (TPSA) is 20.2 Å². The third kappa shape index (κ3) is 1.55. The molecule has 5 atom stereocenters. The standard InChI is InChI=1S/C11H23OP/c1-5-8-7-9(6-2)11(4,13)10(8,3)12/h8-9,12H,5-7,13H2,1-4H3. The van der Waals surface area contributed by atoms with Crippen molar-refractivity contribution in [1.82, 2.24) is 0 Å². The van der Waals surface area contributed by atoms with Crippen molar-refractivity contribution in [3.05, 3.63) is 0 Å². The molecule has 0 radical (unpaired) electrons. The predicted octanol–water partition coefficient (Wildman–Crippen LogP) is 2.83. The zero-order chi connectivity index (χ0) is 10.3. The van der Waals surface area contributed by atoms with Gasteiger partial charge in [-0.25, -0.2) is 0 Å². The van der Waals surface area contributed by atoms with Gasteiger partial charge >= 0.3 is 0 Å². The van der Waals surface area contributed by atoms with Gasteiger partial charge < -0.3 is 5.11 Å². The molecule has 1 nitrogen and oxygen atoms in total. The van der Waals surface area contributed by atoms with Crippen LogP contribution in [0, 0.1) is 11.8 Å². The van der Waals surface area contributed by atoms with Crippen LogP contribution in [0.4, 0.5) is 0 Å². The monoisotopic (exact) mass is 202 g/mol. The fraction of sp³-hybridized carbons (Fsp3) is 1.00. The molecule has 0 aromatic rings. The maximum absolute atomic E-state index is 10.5. The van der Waals surface area contributed by atoms with Gasteiger partial charge in [-0.2, -0.15) is 0 Å². The second kappa shape index (κ2) is 3.51. The molecule has 0 aromatic heterocycles. The number of rotatable bonds is 2. The van der Waals surface area contributed by atoms with Gasteiger partial charge in [0.1, 0.15) is 0 Å². The lowest BCUT2D eigenvalue weighted by Gasteiger charge is -2.39. The SMILES string of the molecule is CCC1CC(CC)C(C)(P)C1(C)O. The van der Waals surface area contributed by atoms with E-state index in [1.165, 1.54) is 12.8 Å². The van der Waals surface area contributed by atoms with Crippen molar-refractivity contribution in [2.75, 3.05) is 0 Å². The normalized spacial score (nSPS) is 51.2. The third-order valence-electron chi connectivity index (χ3n) is 4.29. The Kier molecular flexibility index (Phi) is 3.10. The van der Waals surface area contributed by atoms with Crippen molar-refractivity contribution in [3.8, 4) is 0 Å². The zero-order valence-corrected chi connectivity index (χ0v) is 10.5. The van der Waals surface area contributed by atoms with E-state index < -0.39 is 5.60 Å². The molecule has 1 saturated carbocycles. The maximum atomic E-state index is 10.5. The van der Waals surface area contributed by atoms with Gasteiger partial charge in [0, 0.05) is 5.16 Å². The summed E-state index contributed by atoms with van der Waals surface area (Å²) in [5.41, 5.74) is -0.507. The number of hydrogen-bond donors (Lipinski definition) is 1. The molecule has 0 amide bonds. The summed E-state index contributed by atoms with van der Waals surface area (Å²) in [4.78, 5) is 0. The largest absolute Gasteiger partial charge is 0.389 e. The summed E-state index contributed by atoms with van der Waals surface area (Å²) in [6.45, 7) is 8.59. The van der Waals surface area contributed by atoms with Gasteiger partial charge in [-0.05, 0) is 25.2 Å². The molecule has 2 heteroatoms. The average Bonchev–Trinajstić information content (AvgIpc) is 2.20. The van der Waals surface area contributed by atoms with Crippen LogP contribution in [0.1, 0.15) is 47.0 Å². The highest BCUT2D eigenvalue weighted by atomic mass is 31.0. The lowest BCUT2D eigenvalue weighted by Crippen LogP contribution is -2.47. The van der Waals surface area contributed by atoms with Crippen molar-refractivity contribution < 1.29 is 5.11 Å². The molecular formula is C11H23OP. The van der Waals surface area contributed by atoms with Crippen molar-refractivity contribution in [2.24, 2.45) is 11.8 Å². The van der Waals surface area contributed by atoms with Gasteiger partial charge in [0.2, 0.25) is 0 Å². The molecule has 0 aromatic carbocycles. The van der Waals surface area contributed by atoms with E-state index in [4.69, 9.17) is 0 Å². The first-order chi connectivity index (χ1) is 5.87. The Bertz CT molecular complexity index is 167. The molecule has 1 aliphatic rings. The molecule has 78 valence electrons. The molecule has 1 rings (SSSR count). The Hall–Kier alpha value is 0.390. The summed E-state index contributed by atoms with van der Waals surface area (Å²) in [5, 5.41) is 10.5. The fourth-order valence-electron chi connectivity index (χ4n) is 2.83. The Morgan fingerprint density at radius 2 is 1.69 bits per heavy atom. The molecule has 1 aliphatic carbocycles. The molecular weight excluding hydrogens is 179 g/mol. The quantitative estimate of drug-likeness (QED) is 0.683. The van der Waals surface area contributed by atoms with Gasteiger partial charge in [0.05, 0.1) is 5.60 Å². The minimum Gasteiger partial charge on any atom is -0.389 e. The second-order valence-electron chi connectivity index (χ2n) is 4.88. The Balaban J connectivity index is 2.93. The van der Waals surface area contributed by atoms with Crippen LogP contribution >= 0.6 is 9.24 Å². The van der Waals surface area contributed by atoms with E-state index in [1.54, 1.807) is 0 Å². The third-order valence-corrected chi connectivity index (χ3v) is 5.34. The second-order valence-corrected chi connectivity index (χ2v) is 6.08. The summed E-state index contributed by atoms with van der Waals surface area (Å²) in [7, 11) is 2.89. The zero-order valence-electron chi connectivity index (χ0n) is 9.30. The van der Waals surface area contributed by atoms with Crippen LogP contribution in [-0.4, -0.2) is 15.9 Å². The summed E-state index contributed by atoms with van der Waals surface area (Å²) in [5.74, 6) is 1.12. The van der Waals surface area contributed by atoms with Crippen molar-refractivity contribution >= 4 is 9.24 Å². The number of hydrogen-bond acceptors (Lipinski definition) is 1. The number of aliphatic hydroxyl groups is 1. The van der Waals surface area contributed by atoms with E-state index >= 15 is 0 Å². The van der Waals surface area contributed by atoms with E-state index in [0.717, 1.165) is 6.42 Å². The molecule has 0 heterocycles. The van der Waals surface area contributed by atoms with Crippen LogP contribution in [0.2, 0.25) is 0 Å². The van der Waals surface area contributed by atoms with Gasteiger partial charge in [0.15, 0.2) is 0 Å². The Morgan fingerprint density at radius 1 is 1.23 bits per heavy atom. The highest BCUT2D eigenvalue weighted by Gasteiger charge is 2.55. The van der Waals surface area contributed by atoms with Crippen LogP contribution in [0.5, 0.6) is 0 Å². The Morgan fingerprint density at radius 3 is 1.92 bits per heavy atom. The summed E-state index contributed by atoms with van der Waals surface area (Å²) >= 11 is 0. The predicted molar refractivity (Wildman–Crippen MR) is 60.9 cm³/mol. The first kappa shape index (κ1) is 11.5. The molecule has 1 fully saturated rings. The minimum atomic E-state index is -0.507. The highest BCUT2D eigenvalue weighted by Crippen LogP contribution is 2.54. The lowest BCUT2D eigenvalue weighted by molar-refractivity contribution is -0.00511. The van der Waals surface area contributed by atoms with Crippen LogP contribution < -0.4 is 0 Å². The van der Waals surface area contributed by atoms with Crippen molar-refractivity contribution in [3.63, 3.8) is 0 Å². The highest BCUT2D eigenvalue weighted by molar-refractivity contribution is 7.19. The molecule has 0 spiro atoms. The molecule has 13 heavy (non-hydrogen) atoms. The van der Waals surface area contributed by atoms with Crippen LogP contribution in [0.3, 0.4) is 0 Å². The van der Waals surface area contributed by atoms with E-state index in [1.807, 2.05) is 6.92 Å². The molecule has 0 saturated heterocycles. The van der Waals surface area contributed by atoms with E-state index in [-0.39, 0.29) is 5.16 Å². The van der Waals surface area contributed by atoms with Crippen molar-refractivity contribution in [1.29, 1.82) is 0 Å². The fourth-order valence-corrected chi connectivity index (χ4v) is 3.43. The van der Waals surface area contributed by atoms with Crippen LogP contribution in [-0.2, 0) is 0 Å². The molecule has 0 bridgehead atoms. The van der Waals surface area contributed by atoms with Crippen LogP contribution in [0.15, 0.2) is 0 Å². The van der Waals surface area contributed by atoms with Crippen LogP contribution in [0.25, 0.3) is 0 Å². The molecule has 1 N–H and O–H groups in total. The maximum Gasteiger partial charge on any atom is 0.0737 e. The summed E-state index contributed by atoms with van der Waals surface area (Å²) in [6, 6.07) is 0. The van der Waals surface area contributed by atoms with Crippen molar-refractivity contribution in [2.45, 2.75) is 57.7 Å². The molecule has 5 unspecified atom stereocenters. The first-order valence-corrected chi connectivity index (χ1v) is 5.96. The van der Waals surface area contributed by atoms with Gasteiger partial charge in [-0.15, -0.1) is 9.24 Å². The van der Waals surface area contributed by atoms with Gasteiger partial charge in [-0.1, -0.05) is 33.6 Å². The van der Waals surface area contributed by atoms with Gasteiger partial charge in [-0.3, -0.25) is 0 Å². The van der Waals surface area contributed by atoms with Gasteiger partial charge in [0.25, 0.3) is 0 Å². The Labute approximate surface area is 84.5 Å². The van der Waals surface area contributed by atoms with E-state index in [2.05, 4.69) is 30.0 Å².